The topological polar surface area (TPSA) is 24.1 Å². The molecule has 1 aliphatic rings. The van der Waals surface area contributed by atoms with Crippen LogP contribution < -0.4 is 10.6 Å². The molecule has 1 rings (SSSR count). The van der Waals surface area contributed by atoms with Crippen LogP contribution in [0.15, 0.2) is 0 Å². The van der Waals surface area contributed by atoms with Gasteiger partial charge in [-0.05, 0) is 0 Å². The molecule has 37 valence electrons. The molecule has 1 fully saturated rings. The Balaban J connectivity index is 0.000000360. The Hall–Kier alpha value is 1.56. The minimum Gasteiger partial charge on any atom is -0.314 e. The minimum absolute atomic E-state index is 0. The average Bonchev–Trinajstić information content (AvgIpc) is 1.72. The second-order valence-corrected chi connectivity index (χ2v) is 1.50. The van der Waals surface area contributed by atoms with Gasteiger partial charge in [0.2, 0.25) is 0 Å². The summed E-state index contributed by atoms with van der Waals surface area (Å²) in [6.45, 7) is 4.56. The summed E-state index contributed by atoms with van der Waals surface area (Å²) in [4.78, 5) is 0. The van der Waals surface area contributed by atoms with Gasteiger partial charge in [0.25, 0.3) is 0 Å². The fourth-order valence-corrected chi connectivity index (χ4v) is 0.604. The summed E-state index contributed by atoms with van der Waals surface area (Å²) in [5.74, 6) is 0. The first kappa shape index (κ1) is 8.56. The van der Waals surface area contributed by atoms with Gasteiger partial charge in [0.05, 0.1) is 0 Å². The van der Waals surface area contributed by atoms with Gasteiger partial charge in [-0.1, -0.05) is 0 Å². The summed E-state index contributed by atoms with van der Waals surface area (Å²) >= 11 is 0. The summed E-state index contributed by atoms with van der Waals surface area (Å²) < 4.78 is 0. The number of hydrogen-bond acceptors (Lipinski definition) is 2. The minimum atomic E-state index is 0. The van der Waals surface area contributed by atoms with Gasteiger partial charge in [0, 0.05) is 77.6 Å². The Morgan fingerprint density at radius 3 is 1.14 bits per heavy atom. The van der Waals surface area contributed by atoms with Crippen LogP contribution in [-0.4, -0.2) is 77.6 Å². The van der Waals surface area contributed by atoms with E-state index in [2.05, 4.69) is 10.6 Å². The Morgan fingerprint density at radius 1 is 0.714 bits per heavy atom. The van der Waals surface area contributed by atoms with Crippen molar-refractivity contribution in [3.05, 3.63) is 0 Å². The largest absolute Gasteiger partial charge is 0.314 e. The van der Waals surface area contributed by atoms with E-state index >= 15 is 0 Å². The van der Waals surface area contributed by atoms with Gasteiger partial charge in [-0.15, -0.1) is 0 Å². The van der Waals surface area contributed by atoms with E-state index in [1.807, 2.05) is 0 Å². The van der Waals surface area contributed by atoms with Gasteiger partial charge < -0.3 is 10.6 Å². The number of piperazine rings is 1. The summed E-state index contributed by atoms with van der Waals surface area (Å²) in [7, 11) is 0. The summed E-state index contributed by atoms with van der Waals surface area (Å²) in [6, 6.07) is 0. The van der Waals surface area contributed by atoms with E-state index in [1.54, 1.807) is 0 Å². The molecule has 0 aromatic carbocycles. The molecular formula is C4H10KN2. The molecule has 1 aliphatic heterocycles. The molecule has 1 saturated heterocycles. The van der Waals surface area contributed by atoms with Gasteiger partial charge in [0.15, 0.2) is 0 Å². The molecule has 0 aromatic heterocycles. The van der Waals surface area contributed by atoms with E-state index in [9.17, 15) is 0 Å². The van der Waals surface area contributed by atoms with E-state index in [0.29, 0.717) is 0 Å². The Bertz CT molecular complexity index is 25.2. The predicted octanol–water partition coefficient (Wildman–Crippen LogP) is -1.20. The van der Waals surface area contributed by atoms with Crippen molar-refractivity contribution in [3.8, 4) is 0 Å². The van der Waals surface area contributed by atoms with Gasteiger partial charge in [0.1, 0.15) is 0 Å². The van der Waals surface area contributed by atoms with Crippen molar-refractivity contribution < 1.29 is 0 Å². The molecule has 1 heterocycles. The molecular weight excluding hydrogens is 115 g/mol. The van der Waals surface area contributed by atoms with Crippen LogP contribution in [0.4, 0.5) is 0 Å². The second-order valence-electron chi connectivity index (χ2n) is 1.50. The molecule has 0 bridgehead atoms. The first-order chi connectivity index (χ1) is 3.00. The second kappa shape index (κ2) is 5.69. The van der Waals surface area contributed by atoms with Gasteiger partial charge in [-0.3, -0.25) is 0 Å². The fourth-order valence-electron chi connectivity index (χ4n) is 0.604. The average molecular weight is 125 g/mol. The third kappa shape index (κ3) is 4.09. The van der Waals surface area contributed by atoms with Gasteiger partial charge >= 0.3 is 0 Å². The quantitative estimate of drug-likeness (QED) is 0.397. The number of hydrogen-bond donors (Lipinski definition) is 2. The first-order valence-electron chi connectivity index (χ1n) is 2.41. The number of rotatable bonds is 0. The maximum atomic E-state index is 3.22. The molecule has 1 radical (unpaired) electrons. The molecule has 0 saturated carbocycles. The van der Waals surface area contributed by atoms with Crippen LogP contribution in [0.3, 0.4) is 0 Å². The Kier molecular flexibility index (Phi) is 6.95. The third-order valence-corrected chi connectivity index (χ3v) is 0.957. The zero-order valence-corrected chi connectivity index (χ0v) is 7.95. The van der Waals surface area contributed by atoms with Crippen molar-refractivity contribution in [2.75, 3.05) is 26.2 Å². The number of nitrogens with one attached hydrogen (secondary N) is 2. The van der Waals surface area contributed by atoms with Crippen LogP contribution in [0, 0.1) is 0 Å². The smallest absolute Gasteiger partial charge is 0.00772 e. The molecule has 0 aliphatic carbocycles. The Morgan fingerprint density at radius 2 is 1.00 bits per heavy atom. The van der Waals surface area contributed by atoms with Crippen LogP contribution >= 0.6 is 0 Å². The van der Waals surface area contributed by atoms with E-state index in [0.717, 1.165) is 26.2 Å². The molecule has 2 N–H and O–H groups in total. The summed E-state index contributed by atoms with van der Waals surface area (Å²) in [5, 5.41) is 6.44. The molecule has 0 aromatic rings. The normalized spacial score (nSPS) is 20.6. The molecule has 0 unspecified atom stereocenters. The Labute approximate surface area is 86.9 Å². The van der Waals surface area contributed by atoms with E-state index in [1.165, 1.54) is 0 Å². The molecule has 7 heavy (non-hydrogen) atoms. The molecule has 0 spiro atoms. The standard InChI is InChI=1S/C4H10N2.K/c1-2-6-4-3-5-1;/h5-6H,1-4H2;. The van der Waals surface area contributed by atoms with E-state index in [-0.39, 0.29) is 51.4 Å². The maximum Gasteiger partial charge on any atom is 0.00772 e. The van der Waals surface area contributed by atoms with Gasteiger partial charge in [-0.25, -0.2) is 0 Å². The van der Waals surface area contributed by atoms with E-state index < -0.39 is 0 Å². The van der Waals surface area contributed by atoms with Crippen LogP contribution in [-0.2, 0) is 0 Å². The van der Waals surface area contributed by atoms with Crippen LogP contribution in [0.5, 0.6) is 0 Å². The van der Waals surface area contributed by atoms with Crippen molar-refractivity contribution in [1.82, 2.24) is 10.6 Å². The molecule has 3 heteroatoms. The van der Waals surface area contributed by atoms with Crippen molar-refractivity contribution in [2.45, 2.75) is 0 Å². The van der Waals surface area contributed by atoms with Crippen LogP contribution in [0.25, 0.3) is 0 Å². The van der Waals surface area contributed by atoms with Crippen molar-refractivity contribution in [2.24, 2.45) is 0 Å². The van der Waals surface area contributed by atoms with Crippen LogP contribution in [0.1, 0.15) is 0 Å². The monoisotopic (exact) mass is 125 g/mol. The van der Waals surface area contributed by atoms with Crippen LogP contribution in [0.2, 0.25) is 0 Å². The SMILES string of the molecule is C1CNCCN1.[K]. The van der Waals surface area contributed by atoms with Gasteiger partial charge in [-0.2, -0.15) is 0 Å². The predicted molar refractivity (Wildman–Crippen MR) is 31.5 cm³/mol. The summed E-state index contributed by atoms with van der Waals surface area (Å²) in [5.41, 5.74) is 0. The molecule has 2 nitrogen and oxygen atoms in total. The third-order valence-electron chi connectivity index (χ3n) is 0.957. The van der Waals surface area contributed by atoms with Crippen molar-refractivity contribution in [3.63, 3.8) is 0 Å². The molecule has 0 amide bonds. The van der Waals surface area contributed by atoms with E-state index in [4.69, 9.17) is 0 Å². The molecule has 0 atom stereocenters. The zero-order chi connectivity index (χ0) is 4.24. The first-order valence-corrected chi connectivity index (χ1v) is 2.41. The van der Waals surface area contributed by atoms with Crippen molar-refractivity contribution >= 4 is 51.4 Å². The maximum absolute atomic E-state index is 3.22. The summed E-state index contributed by atoms with van der Waals surface area (Å²) in [6.07, 6.45) is 0. The zero-order valence-electron chi connectivity index (χ0n) is 4.83. The fraction of sp³-hybridized carbons (Fsp3) is 1.00. The van der Waals surface area contributed by atoms with Crippen molar-refractivity contribution in [1.29, 1.82) is 0 Å².